The molecule has 0 saturated carbocycles. The molecule has 0 aliphatic carbocycles. The zero-order valence-electron chi connectivity index (χ0n) is 17.2. The number of benzene rings is 2. The molecule has 8 heteroatoms. The van der Waals surface area contributed by atoms with Gasteiger partial charge in [0.05, 0.1) is 12.1 Å². The number of fused-ring (bicyclic) bond motifs is 2. The molecule has 31 heavy (non-hydrogen) atoms. The number of carbonyl (C=O) groups is 3. The summed E-state index contributed by atoms with van der Waals surface area (Å²) in [5.74, 6) is -0.343. The van der Waals surface area contributed by atoms with Crippen LogP contribution >= 0.6 is 11.8 Å². The standard InChI is InChI=1S/C23H27N3O4S/c27-20(8-4-3-7-19-21-18(13-31-19)25-23(30)26-21)24-17(22(28)29)12-14-9-10-15-5-1-2-6-16(15)11-14/h1-2,5-6,9-11,17-19,21H,3-4,7-8,12-13H2,(H,24,27)(H,28,29)(H2,25,26,30)/t17-,18-,19-,21-/m0/s1. The number of unbranched alkanes of at least 4 members (excludes halogenated alkanes) is 1. The molecule has 0 aromatic heterocycles. The molecule has 4 rings (SSSR count). The minimum atomic E-state index is -1.03. The Morgan fingerprint density at radius 3 is 2.74 bits per heavy atom. The number of urea groups is 1. The summed E-state index contributed by atoms with van der Waals surface area (Å²) >= 11 is 1.86. The van der Waals surface area contributed by atoms with Crippen LogP contribution in [0.1, 0.15) is 31.2 Å². The lowest BCUT2D eigenvalue weighted by molar-refractivity contribution is -0.141. The van der Waals surface area contributed by atoms with Crippen molar-refractivity contribution in [3.8, 4) is 0 Å². The molecule has 4 N–H and O–H groups in total. The van der Waals surface area contributed by atoms with Gasteiger partial charge in [-0.1, -0.05) is 48.9 Å². The Balaban J connectivity index is 1.23. The van der Waals surface area contributed by atoms with E-state index in [4.69, 9.17) is 0 Å². The van der Waals surface area contributed by atoms with Crippen LogP contribution in [-0.4, -0.2) is 52.1 Å². The predicted octanol–water partition coefficient (Wildman–Crippen LogP) is 2.68. The van der Waals surface area contributed by atoms with E-state index < -0.39 is 12.0 Å². The number of carboxylic acids is 1. The molecule has 2 aliphatic heterocycles. The highest BCUT2D eigenvalue weighted by Crippen LogP contribution is 2.33. The zero-order chi connectivity index (χ0) is 21.8. The van der Waals surface area contributed by atoms with Crippen LogP contribution < -0.4 is 16.0 Å². The number of hydrogen-bond acceptors (Lipinski definition) is 4. The van der Waals surface area contributed by atoms with Crippen molar-refractivity contribution in [2.24, 2.45) is 0 Å². The maximum Gasteiger partial charge on any atom is 0.326 e. The van der Waals surface area contributed by atoms with Crippen molar-refractivity contribution in [3.05, 3.63) is 48.0 Å². The van der Waals surface area contributed by atoms with Crippen LogP contribution in [0.4, 0.5) is 4.79 Å². The molecule has 2 aromatic carbocycles. The summed E-state index contributed by atoms with van der Waals surface area (Å²) in [6, 6.07) is 13.1. The van der Waals surface area contributed by atoms with Gasteiger partial charge in [0.1, 0.15) is 6.04 Å². The van der Waals surface area contributed by atoms with Gasteiger partial charge in [0.2, 0.25) is 5.91 Å². The highest BCUT2D eigenvalue weighted by molar-refractivity contribution is 8.00. The maximum atomic E-state index is 12.3. The van der Waals surface area contributed by atoms with E-state index in [9.17, 15) is 19.5 Å². The average molecular weight is 442 g/mol. The smallest absolute Gasteiger partial charge is 0.326 e. The molecule has 2 heterocycles. The molecule has 164 valence electrons. The van der Waals surface area contributed by atoms with Crippen molar-refractivity contribution in [2.75, 3.05) is 5.75 Å². The summed E-state index contributed by atoms with van der Waals surface area (Å²) in [5.41, 5.74) is 0.881. The molecule has 0 radical (unpaired) electrons. The number of hydrogen-bond donors (Lipinski definition) is 4. The molecular weight excluding hydrogens is 414 g/mol. The Kier molecular flexibility index (Phi) is 6.65. The maximum absolute atomic E-state index is 12.3. The van der Waals surface area contributed by atoms with Crippen LogP contribution in [-0.2, 0) is 16.0 Å². The minimum absolute atomic E-state index is 0.0918. The molecule has 0 bridgehead atoms. The Morgan fingerprint density at radius 2 is 1.94 bits per heavy atom. The number of carbonyl (C=O) groups excluding carboxylic acids is 2. The summed E-state index contributed by atoms with van der Waals surface area (Å²) in [6.07, 6.45) is 3.05. The van der Waals surface area contributed by atoms with Crippen LogP contribution in [0.25, 0.3) is 10.8 Å². The Morgan fingerprint density at radius 1 is 1.13 bits per heavy atom. The van der Waals surface area contributed by atoms with Crippen LogP contribution in [0.2, 0.25) is 0 Å². The van der Waals surface area contributed by atoms with Gasteiger partial charge in [-0.15, -0.1) is 0 Å². The van der Waals surface area contributed by atoms with Crippen molar-refractivity contribution in [3.63, 3.8) is 0 Å². The van der Waals surface area contributed by atoms with Crippen molar-refractivity contribution < 1.29 is 19.5 Å². The molecule has 2 fully saturated rings. The van der Waals surface area contributed by atoms with Crippen LogP contribution in [0.5, 0.6) is 0 Å². The second-order valence-corrected chi connectivity index (χ2v) is 9.48. The number of aliphatic carboxylic acids is 1. The highest BCUT2D eigenvalue weighted by atomic mass is 32.2. The number of amides is 3. The summed E-state index contributed by atoms with van der Waals surface area (Å²) < 4.78 is 0. The number of carboxylic acid groups (broad SMARTS) is 1. The predicted molar refractivity (Wildman–Crippen MR) is 121 cm³/mol. The average Bonchev–Trinajstić information content (AvgIpc) is 3.30. The lowest BCUT2D eigenvalue weighted by atomic mass is 10.0. The van der Waals surface area contributed by atoms with E-state index in [1.54, 1.807) is 0 Å². The van der Waals surface area contributed by atoms with Crippen molar-refractivity contribution in [1.29, 1.82) is 0 Å². The lowest BCUT2D eigenvalue weighted by Gasteiger charge is -2.17. The molecular formula is C23H27N3O4S. The fraction of sp³-hybridized carbons (Fsp3) is 0.435. The fourth-order valence-electron chi connectivity index (χ4n) is 4.34. The molecule has 3 amide bonds. The summed E-state index contributed by atoms with van der Waals surface area (Å²) in [4.78, 5) is 35.5. The number of nitrogens with one attached hydrogen (secondary N) is 3. The Labute approximate surface area is 185 Å². The third kappa shape index (κ3) is 5.31. The van der Waals surface area contributed by atoms with Crippen LogP contribution in [0.3, 0.4) is 0 Å². The van der Waals surface area contributed by atoms with E-state index in [1.807, 2.05) is 54.2 Å². The van der Waals surface area contributed by atoms with E-state index in [2.05, 4.69) is 16.0 Å². The van der Waals surface area contributed by atoms with Gasteiger partial charge in [0, 0.05) is 23.8 Å². The SMILES string of the molecule is O=C(CCCC[C@@H]1SC[C@@H]2NC(=O)N[C@@H]21)N[C@@H](Cc1ccc2ccccc2c1)C(=O)O. The second kappa shape index (κ2) is 9.60. The van der Waals surface area contributed by atoms with Crippen LogP contribution in [0.15, 0.2) is 42.5 Å². The first-order chi connectivity index (χ1) is 15.0. The normalized spacial score (nSPS) is 23.1. The third-order valence-electron chi connectivity index (χ3n) is 5.97. The van der Waals surface area contributed by atoms with E-state index in [0.29, 0.717) is 18.1 Å². The fourth-order valence-corrected chi connectivity index (χ4v) is 5.89. The quantitative estimate of drug-likeness (QED) is 0.354. The zero-order valence-corrected chi connectivity index (χ0v) is 18.0. The molecule has 2 aliphatic rings. The molecule has 0 unspecified atom stereocenters. The molecule has 2 aromatic rings. The van der Waals surface area contributed by atoms with Crippen LogP contribution in [0, 0.1) is 0 Å². The van der Waals surface area contributed by atoms with E-state index >= 15 is 0 Å². The van der Waals surface area contributed by atoms with Gasteiger partial charge in [0.25, 0.3) is 0 Å². The van der Waals surface area contributed by atoms with Gasteiger partial charge < -0.3 is 21.1 Å². The van der Waals surface area contributed by atoms with Crippen molar-refractivity contribution in [2.45, 2.75) is 55.5 Å². The third-order valence-corrected chi connectivity index (χ3v) is 7.48. The van der Waals surface area contributed by atoms with E-state index in [0.717, 1.165) is 34.9 Å². The van der Waals surface area contributed by atoms with Gasteiger partial charge in [0.15, 0.2) is 0 Å². The Hall–Kier alpha value is -2.74. The molecule has 2 saturated heterocycles. The first-order valence-corrected chi connectivity index (χ1v) is 11.7. The van der Waals surface area contributed by atoms with Gasteiger partial charge >= 0.3 is 12.0 Å². The first-order valence-electron chi connectivity index (χ1n) is 10.7. The molecule has 4 atom stereocenters. The Bertz CT molecular complexity index is 982. The number of rotatable bonds is 9. The van der Waals surface area contributed by atoms with Crippen molar-refractivity contribution in [1.82, 2.24) is 16.0 Å². The second-order valence-electron chi connectivity index (χ2n) is 8.21. The van der Waals surface area contributed by atoms with Crippen molar-refractivity contribution >= 4 is 40.4 Å². The molecule has 7 nitrogen and oxygen atoms in total. The van der Waals surface area contributed by atoms with E-state index in [1.165, 1.54) is 0 Å². The summed E-state index contributed by atoms with van der Waals surface area (Å²) in [5, 5.41) is 20.7. The lowest BCUT2D eigenvalue weighted by Crippen LogP contribution is -2.42. The number of thioether (sulfide) groups is 1. The largest absolute Gasteiger partial charge is 0.480 e. The first kappa shape index (κ1) is 21.5. The van der Waals surface area contributed by atoms with Gasteiger partial charge in [-0.2, -0.15) is 11.8 Å². The van der Waals surface area contributed by atoms with Gasteiger partial charge in [-0.3, -0.25) is 4.79 Å². The summed E-state index contributed by atoms with van der Waals surface area (Å²) in [7, 11) is 0. The van der Waals surface area contributed by atoms with E-state index in [-0.39, 0.29) is 30.4 Å². The van der Waals surface area contributed by atoms with Gasteiger partial charge in [-0.05, 0) is 29.2 Å². The minimum Gasteiger partial charge on any atom is -0.480 e. The summed E-state index contributed by atoms with van der Waals surface area (Å²) in [6.45, 7) is 0. The van der Waals surface area contributed by atoms with Gasteiger partial charge in [-0.25, -0.2) is 9.59 Å². The monoisotopic (exact) mass is 441 g/mol. The molecule has 0 spiro atoms. The highest BCUT2D eigenvalue weighted by Gasteiger charge is 2.42. The topological polar surface area (TPSA) is 108 Å².